The quantitative estimate of drug-likeness (QED) is 0.156. The molecular formula is C44H28N6O4Ru. The Kier molecular flexibility index (Phi) is 12.1. The third-order valence-electron chi connectivity index (χ3n) is 8.27. The van der Waals surface area contributed by atoms with Gasteiger partial charge < -0.3 is 19.8 Å². The van der Waals surface area contributed by atoms with Crippen molar-refractivity contribution >= 4 is 11.9 Å². The van der Waals surface area contributed by atoms with Gasteiger partial charge in [-0.1, -0.05) is 72.8 Å². The summed E-state index contributed by atoms with van der Waals surface area (Å²) < 4.78 is 0. The van der Waals surface area contributed by atoms with Gasteiger partial charge in [0.2, 0.25) is 0 Å². The Morgan fingerprint density at radius 1 is 0.345 bits per heavy atom. The van der Waals surface area contributed by atoms with Crippen LogP contribution in [0.1, 0.15) is 20.7 Å². The van der Waals surface area contributed by atoms with Crippen molar-refractivity contribution in [3.05, 3.63) is 182 Å². The van der Waals surface area contributed by atoms with E-state index in [0.717, 1.165) is 67.8 Å². The van der Waals surface area contributed by atoms with E-state index in [4.69, 9.17) is 9.97 Å². The zero-order chi connectivity index (χ0) is 37.3. The number of rotatable bonds is 8. The number of pyridine rings is 6. The number of hydrogen-bond donors (Lipinski definition) is 0. The summed E-state index contributed by atoms with van der Waals surface area (Å²) >= 11 is 0. The van der Waals surface area contributed by atoms with E-state index in [1.54, 1.807) is 49.1 Å². The molecule has 0 atom stereocenters. The Bertz CT molecular complexity index is 2230. The minimum atomic E-state index is -1.19. The van der Waals surface area contributed by atoms with Gasteiger partial charge in [-0.15, -0.1) is 0 Å². The Morgan fingerprint density at radius 2 is 0.618 bits per heavy atom. The maximum atomic E-state index is 11.0. The third-order valence-corrected chi connectivity index (χ3v) is 8.27. The number of carbonyl (C=O) groups is 2. The second-order valence-electron chi connectivity index (χ2n) is 11.8. The first-order valence-corrected chi connectivity index (χ1v) is 16.7. The Balaban J connectivity index is 0.000000184. The van der Waals surface area contributed by atoms with Gasteiger partial charge in [0.15, 0.2) is 0 Å². The molecule has 0 bridgehead atoms. The maximum absolute atomic E-state index is 11.0. The molecule has 2 aromatic carbocycles. The van der Waals surface area contributed by atoms with Crippen molar-refractivity contribution in [1.29, 1.82) is 0 Å². The SMILES string of the molecule is O=C([O-])c1ccc(-c2cc(-c3ccccn3)nc(-c3ccccn3)c2)cc1.O=C([O-])c1ccc(-c2cc(-c3ccccn3)nc(-c3ccccn3)c2)cc1.[Ru+2]. The fraction of sp³-hybridized carbons (Fsp3) is 0. The Hall–Kier alpha value is -7.10. The monoisotopic (exact) mass is 806 g/mol. The molecule has 0 amide bonds. The fourth-order valence-electron chi connectivity index (χ4n) is 5.57. The number of carboxylic acids is 2. The van der Waals surface area contributed by atoms with Crippen LogP contribution >= 0.6 is 0 Å². The summed E-state index contributed by atoms with van der Waals surface area (Å²) in [5.41, 5.74) is 9.72. The number of carboxylic acid groups (broad SMARTS) is 2. The predicted octanol–water partition coefficient (Wildman–Crippen LogP) is 6.47. The average Bonchev–Trinajstić information content (AvgIpc) is 3.25. The van der Waals surface area contributed by atoms with E-state index in [2.05, 4.69) is 19.9 Å². The van der Waals surface area contributed by atoms with Crippen LogP contribution in [0.2, 0.25) is 0 Å². The van der Waals surface area contributed by atoms with Crippen LogP contribution in [-0.2, 0) is 19.5 Å². The topological polar surface area (TPSA) is 158 Å². The van der Waals surface area contributed by atoms with Crippen LogP contribution in [-0.4, -0.2) is 41.8 Å². The van der Waals surface area contributed by atoms with E-state index >= 15 is 0 Å². The van der Waals surface area contributed by atoms with Crippen LogP contribution in [0.4, 0.5) is 0 Å². The van der Waals surface area contributed by atoms with Crippen molar-refractivity contribution < 1.29 is 39.3 Å². The van der Waals surface area contributed by atoms with Crippen molar-refractivity contribution in [2.75, 3.05) is 0 Å². The predicted molar refractivity (Wildman–Crippen MR) is 201 cm³/mol. The molecule has 11 heteroatoms. The zero-order valence-corrected chi connectivity index (χ0v) is 30.6. The van der Waals surface area contributed by atoms with Crippen LogP contribution in [0.25, 0.3) is 67.8 Å². The van der Waals surface area contributed by atoms with Gasteiger partial charge in [0, 0.05) is 24.8 Å². The molecule has 0 aliphatic carbocycles. The minimum Gasteiger partial charge on any atom is -0.545 e. The number of nitrogens with zero attached hydrogens (tertiary/aromatic N) is 6. The van der Waals surface area contributed by atoms with Gasteiger partial charge in [0.25, 0.3) is 0 Å². The summed E-state index contributed by atoms with van der Waals surface area (Å²) in [5.74, 6) is -2.39. The molecule has 0 aliphatic rings. The van der Waals surface area contributed by atoms with Crippen molar-refractivity contribution in [2.45, 2.75) is 0 Å². The first-order valence-electron chi connectivity index (χ1n) is 16.7. The molecule has 0 radical (unpaired) electrons. The van der Waals surface area contributed by atoms with Crippen LogP contribution in [0.3, 0.4) is 0 Å². The summed E-state index contributed by atoms with van der Waals surface area (Å²) in [5, 5.41) is 22.0. The van der Waals surface area contributed by atoms with Crippen molar-refractivity contribution in [3.8, 4) is 67.8 Å². The number of benzene rings is 2. The smallest absolute Gasteiger partial charge is 0.545 e. The molecule has 8 rings (SSSR count). The molecule has 6 heterocycles. The first kappa shape index (κ1) is 37.7. The van der Waals surface area contributed by atoms with Gasteiger partial charge in [-0.25, -0.2) is 9.97 Å². The fourth-order valence-corrected chi connectivity index (χ4v) is 5.57. The largest absolute Gasteiger partial charge is 2.00 e. The first-order chi connectivity index (χ1) is 26.4. The number of hydrogen-bond acceptors (Lipinski definition) is 10. The van der Waals surface area contributed by atoms with E-state index in [1.165, 1.54) is 24.3 Å². The molecule has 10 nitrogen and oxygen atoms in total. The number of aromatic nitrogens is 6. The van der Waals surface area contributed by atoms with Gasteiger partial charge in [-0.3, -0.25) is 19.9 Å². The van der Waals surface area contributed by atoms with Crippen molar-refractivity contribution in [1.82, 2.24) is 29.9 Å². The molecule has 0 saturated heterocycles. The van der Waals surface area contributed by atoms with E-state index < -0.39 is 11.9 Å². The summed E-state index contributed by atoms with van der Waals surface area (Å²) in [6.07, 6.45) is 6.88. The van der Waals surface area contributed by atoms with Crippen LogP contribution in [0, 0.1) is 0 Å². The second kappa shape index (κ2) is 17.6. The Labute approximate surface area is 329 Å². The minimum absolute atomic E-state index is 0. The van der Waals surface area contributed by atoms with Crippen molar-refractivity contribution in [3.63, 3.8) is 0 Å². The average molecular weight is 806 g/mol. The molecule has 0 saturated carbocycles. The maximum Gasteiger partial charge on any atom is 2.00 e. The van der Waals surface area contributed by atoms with Crippen LogP contribution in [0.5, 0.6) is 0 Å². The molecule has 0 N–H and O–H groups in total. The normalized spacial score (nSPS) is 10.3. The summed E-state index contributed by atoms with van der Waals surface area (Å²) in [7, 11) is 0. The molecule has 0 spiro atoms. The number of aromatic carboxylic acids is 2. The molecule has 0 fully saturated rings. The molecule has 0 aliphatic heterocycles. The van der Waals surface area contributed by atoms with Gasteiger partial charge in [0.1, 0.15) is 0 Å². The third kappa shape index (κ3) is 9.29. The van der Waals surface area contributed by atoms with E-state index in [-0.39, 0.29) is 30.6 Å². The second-order valence-corrected chi connectivity index (χ2v) is 11.8. The van der Waals surface area contributed by atoms with Crippen molar-refractivity contribution in [2.24, 2.45) is 0 Å². The van der Waals surface area contributed by atoms with Gasteiger partial charge in [-0.2, -0.15) is 0 Å². The number of carbonyl (C=O) groups excluding carboxylic acids is 2. The Morgan fingerprint density at radius 3 is 0.836 bits per heavy atom. The van der Waals surface area contributed by atoms with Gasteiger partial charge in [-0.05, 0) is 106 Å². The van der Waals surface area contributed by atoms with Crippen LogP contribution < -0.4 is 10.2 Å². The van der Waals surface area contributed by atoms with Crippen LogP contribution in [0.15, 0.2) is 170 Å². The van der Waals surface area contributed by atoms with Gasteiger partial charge >= 0.3 is 19.5 Å². The summed E-state index contributed by atoms with van der Waals surface area (Å²) in [6, 6.07) is 43.5. The zero-order valence-electron chi connectivity index (χ0n) is 28.8. The molecule has 0 unspecified atom stereocenters. The molecule has 55 heavy (non-hydrogen) atoms. The standard InChI is InChI=1S/2C22H15N3O2.Ru/c2*26-22(27)16-9-7-15(8-10-16)17-13-20(18-5-1-3-11-23-18)25-21(14-17)19-6-2-4-12-24-19;/h2*1-14H,(H,26,27);/q;;+2/p-2. The van der Waals surface area contributed by atoms with Gasteiger partial charge in [0.05, 0.1) is 57.5 Å². The molecule has 6 aromatic heterocycles. The molecule has 8 aromatic rings. The van der Waals surface area contributed by atoms with E-state index in [0.29, 0.717) is 0 Å². The molecule has 266 valence electrons. The molecular weight excluding hydrogens is 778 g/mol. The summed E-state index contributed by atoms with van der Waals surface area (Å²) in [6.45, 7) is 0. The van der Waals surface area contributed by atoms with E-state index in [9.17, 15) is 19.8 Å². The van der Waals surface area contributed by atoms with E-state index in [1.807, 2.05) is 97.1 Å². The summed E-state index contributed by atoms with van der Waals surface area (Å²) in [4.78, 5) is 49.0.